The summed E-state index contributed by atoms with van der Waals surface area (Å²) in [6.07, 6.45) is 7.73. The number of nitrogens with zero attached hydrogens (tertiary/aromatic N) is 2. The molecule has 29 heavy (non-hydrogen) atoms. The molecule has 146 valence electrons. The topological polar surface area (TPSA) is 64.0 Å². The summed E-state index contributed by atoms with van der Waals surface area (Å²) in [7, 11) is 0. The molecule has 1 heterocycles. The van der Waals surface area contributed by atoms with Gasteiger partial charge in [0.2, 0.25) is 0 Å². The van der Waals surface area contributed by atoms with Crippen molar-refractivity contribution in [3.8, 4) is 11.3 Å². The second kappa shape index (κ2) is 6.99. The Balaban J connectivity index is 1.63. The summed E-state index contributed by atoms with van der Waals surface area (Å²) in [4.78, 5) is 30.8. The molecule has 1 saturated carbocycles. The summed E-state index contributed by atoms with van der Waals surface area (Å²) in [5.41, 5.74) is 6.74. The van der Waals surface area contributed by atoms with Gasteiger partial charge in [-0.3, -0.25) is 15.0 Å². The summed E-state index contributed by atoms with van der Waals surface area (Å²) < 4.78 is 1.26. The van der Waals surface area contributed by atoms with Crippen molar-refractivity contribution in [3.05, 3.63) is 88.0 Å². The minimum absolute atomic E-state index is 0.157. The van der Waals surface area contributed by atoms with E-state index in [-0.39, 0.29) is 16.9 Å². The first-order valence-electron chi connectivity index (χ1n) is 10.2. The molecule has 1 N–H and O–H groups in total. The Morgan fingerprint density at radius 3 is 2.48 bits per heavy atom. The number of benzene rings is 2. The Morgan fingerprint density at radius 2 is 1.69 bits per heavy atom. The van der Waals surface area contributed by atoms with E-state index < -0.39 is 0 Å². The predicted octanol–water partition coefficient (Wildman–Crippen LogP) is 4.05. The molecule has 5 nitrogen and oxygen atoms in total. The Bertz CT molecular complexity index is 1130. The van der Waals surface area contributed by atoms with Crippen LogP contribution in [0.2, 0.25) is 0 Å². The van der Waals surface area contributed by atoms with Crippen LogP contribution in [0.1, 0.15) is 53.6 Å². The van der Waals surface area contributed by atoms with Crippen molar-refractivity contribution in [2.45, 2.75) is 43.9 Å². The molecule has 0 unspecified atom stereocenters. The maximum Gasteiger partial charge on any atom is 0.276 e. The average Bonchev–Trinajstić information content (AvgIpc) is 2.76. The molecule has 3 aromatic rings. The van der Waals surface area contributed by atoms with Gasteiger partial charge in [-0.1, -0.05) is 61.7 Å². The van der Waals surface area contributed by atoms with Crippen LogP contribution in [0.4, 0.5) is 0 Å². The van der Waals surface area contributed by atoms with Gasteiger partial charge in [-0.15, -0.1) is 0 Å². The molecule has 5 rings (SSSR count). The molecule has 1 amide bonds. The molecule has 0 aliphatic heterocycles. The summed E-state index contributed by atoms with van der Waals surface area (Å²) in [6, 6.07) is 17.2. The Hall–Kier alpha value is -3.21. The SMILES string of the molecule is O=C(Nn1cnc2c(c1=O)C1(CCCCC1)Cc1ccccc1-2)c1ccccc1. The molecule has 1 fully saturated rings. The van der Waals surface area contributed by atoms with E-state index in [0.717, 1.165) is 48.9 Å². The zero-order chi connectivity index (χ0) is 19.8. The van der Waals surface area contributed by atoms with Crippen LogP contribution in [0.15, 0.2) is 65.7 Å². The van der Waals surface area contributed by atoms with Crippen LogP contribution in [-0.4, -0.2) is 15.6 Å². The van der Waals surface area contributed by atoms with Gasteiger partial charge >= 0.3 is 0 Å². The van der Waals surface area contributed by atoms with Crippen LogP contribution < -0.4 is 11.0 Å². The van der Waals surface area contributed by atoms with Crippen LogP contribution in [0.25, 0.3) is 11.3 Å². The third-order valence-corrected chi connectivity index (χ3v) is 6.37. The fraction of sp³-hybridized carbons (Fsp3) is 0.292. The molecule has 2 aliphatic carbocycles. The van der Waals surface area contributed by atoms with E-state index in [1.165, 1.54) is 23.0 Å². The van der Waals surface area contributed by atoms with Crippen molar-refractivity contribution in [1.82, 2.24) is 9.66 Å². The molecule has 2 aromatic carbocycles. The standard InChI is InChI=1S/C24H23N3O2/c28-22(17-9-3-1-4-10-17)26-27-16-25-21-19-12-6-5-11-18(19)15-24(20(21)23(27)29)13-7-2-8-14-24/h1,3-6,9-12,16H,2,7-8,13-15H2,(H,26,28). The van der Waals surface area contributed by atoms with Crippen LogP contribution in [0, 0.1) is 0 Å². The zero-order valence-corrected chi connectivity index (χ0v) is 16.2. The number of carbonyl (C=O) groups excluding carboxylic acids is 1. The predicted molar refractivity (Wildman–Crippen MR) is 113 cm³/mol. The van der Waals surface area contributed by atoms with E-state index in [4.69, 9.17) is 0 Å². The van der Waals surface area contributed by atoms with Gasteiger partial charge in [-0.05, 0) is 37.0 Å². The quantitative estimate of drug-likeness (QED) is 0.724. The Morgan fingerprint density at radius 1 is 0.966 bits per heavy atom. The number of fused-ring (bicyclic) bond motifs is 4. The highest BCUT2D eigenvalue weighted by atomic mass is 16.2. The number of nitrogens with one attached hydrogen (secondary N) is 1. The van der Waals surface area contributed by atoms with Gasteiger partial charge in [0, 0.05) is 16.5 Å². The maximum absolute atomic E-state index is 13.6. The highest BCUT2D eigenvalue weighted by Gasteiger charge is 2.43. The van der Waals surface area contributed by atoms with E-state index in [9.17, 15) is 9.59 Å². The third-order valence-electron chi connectivity index (χ3n) is 6.37. The maximum atomic E-state index is 13.6. The lowest BCUT2D eigenvalue weighted by molar-refractivity contribution is 0.101. The van der Waals surface area contributed by atoms with E-state index in [1.54, 1.807) is 24.3 Å². The zero-order valence-electron chi connectivity index (χ0n) is 16.2. The fourth-order valence-corrected chi connectivity index (χ4v) is 4.99. The van der Waals surface area contributed by atoms with E-state index in [1.807, 2.05) is 18.2 Å². The lowest BCUT2D eigenvalue weighted by atomic mass is 9.62. The van der Waals surface area contributed by atoms with Crippen molar-refractivity contribution in [2.24, 2.45) is 0 Å². The van der Waals surface area contributed by atoms with Gasteiger partial charge in [0.1, 0.15) is 6.33 Å². The molecule has 1 spiro atoms. The largest absolute Gasteiger partial charge is 0.276 e. The molecule has 0 radical (unpaired) electrons. The molecule has 0 saturated heterocycles. The van der Waals surface area contributed by atoms with Crippen LogP contribution in [0.5, 0.6) is 0 Å². The lowest BCUT2D eigenvalue weighted by Crippen LogP contribution is -2.45. The summed E-state index contributed by atoms with van der Waals surface area (Å²) in [5, 5.41) is 0. The summed E-state index contributed by atoms with van der Waals surface area (Å²) in [5.74, 6) is -0.316. The first kappa shape index (κ1) is 17.9. The molecular formula is C24H23N3O2. The third kappa shape index (κ3) is 2.97. The van der Waals surface area contributed by atoms with Gasteiger partial charge in [-0.2, -0.15) is 0 Å². The Kier molecular flexibility index (Phi) is 4.31. The number of rotatable bonds is 2. The molecule has 2 aliphatic rings. The Labute approximate surface area is 169 Å². The molecule has 0 bridgehead atoms. The van der Waals surface area contributed by atoms with Gasteiger partial charge < -0.3 is 0 Å². The van der Waals surface area contributed by atoms with Crippen LogP contribution in [0.3, 0.4) is 0 Å². The highest BCUT2D eigenvalue weighted by molar-refractivity contribution is 5.99. The van der Waals surface area contributed by atoms with E-state index >= 15 is 0 Å². The van der Waals surface area contributed by atoms with Crippen molar-refractivity contribution in [1.29, 1.82) is 0 Å². The monoisotopic (exact) mass is 385 g/mol. The van der Waals surface area contributed by atoms with Crippen molar-refractivity contribution < 1.29 is 4.79 Å². The normalized spacial score (nSPS) is 16.7. The van der Waals surface area contributed by atoms with E-state index in [0.29, 0.717) is 5.56 Å². The minimum atomic E-state index is -0.316. The van der Waals surface area contributed by atoms with Gasteiger partial charge in [0.25, 0.3) is 11.5 Å². The first-order valence-corrected chi connectivity index (χ1v) is 10.2. The smallest absolute Gasteiger partial charge is 0.267 e. The number of aromatic nitrogens is 2. The summed E-state index contributed by atoms with van der Waals surface area (Å²) >= 11 is 0. The minimum Gasteiger partial charge on any atom is -0.267 e. The van der Waals surface area contributed by atoms with Crippen LogP contribution >= 0.6 is 0 Å². The second-order valence-electron chi connectivity index (χ2n) is 8.13. The van der Waals surface area contributed by atoms with Gasteiger partial charge in [0.05, 0.1) is 11.3 Å². The molecule has 0 atom stereocenters. The molecule has 5 heteroatoms. The number of amides is 1. The van der Waals surface area contributed by atoms with Gasteiger partial charge in [0.15, 0.2) is 0 Å². The number of carbonyl (C=O) groups is 1. The van der Waals surface area contributed by atoms with Crippen molar-refractivity contribution >= 4 is 5.91 Å². The fourth-order valence-electron chi connectivity index (χ4n) is 4.99. The molecular weight excluding hydrogens is 362 g/mol. The van der Waals surface area contributed by atoms with E-state index in [2.05, 4.69) is 22.5 Å². The van der Waals surface area contributed by atoms with Crippen molar-refractivity contribution in [2.75, 3.05) is 5.43 Å². The molecule has 1 aromatic heterocycles. The van der Waals surface area contributed by atoms with Gasteiger partial charge in [-0.25, -0.2) is 9.66 Å². The lowest BCUT2D eigenvalue weighted by Gasteiger charge is -2.41. The van der Waals surface area contributed by atoms with Crippen molar-refractivity contribution in [3.63, 3.8) is 0 Å². The average molecular weight is 385 g/mol. The van der Waals surface area contributed by atoms with Crippen LogP contribution in [-0.2, 0) is 11.8 Å². The summed E-state index contributed by atoms with van der Waals surface area (Å²) in [6.45, 7) is 0. The second-order valence-corrected chi connectivity index (χ2v) is 8.13. The first-order chi connectivity index (χ1) is 14.2. The number of hydrogen-bond donors (Lipinski definition) is 1. The highest BCUT2D eigenvalue weighted by Crippen LogP contribution is 2.48. The number of hydrogen-bond acceptors (Lipinski definition) is 3.